The summed E-state index contributed by atoms with van der Waals surface area (Å²) in [5, 5.41) is 18.0. The lowest BCUT2D eigenvalue weighted by molar-refractivity contribution is 1.36. The summed E-state index contributed by atoms with van der Waals surface area (Å²) in [5.74, 6) is 0. The van der Waals surface area contributed by atoms with Crippen LogP contribution < -0.4 is 5.19 Å². The second-order valence-electron chi connectivity index (χ2n) is 10.4. The van der Waals surface area contributed by atoms with E-state index in [2.05, 4.69) is 98.5 Å². The Morgan fingerprint density at radius 2 is 1.39 bits per heavy atom. The average molecular weight is 479 g/mol. The lowest BCUT2D eigenvalue weighted by Gasteiger charge is -2.18. The van der Waals surface area contributed by atoms with Crippen LogP contribution in [0.1, 0.15) is 5.56 Å². The van der Waals surface area contributed by atoms with E-state index in [-0.39, 0.29) is 0 Å². The van der Waals surface area contributed by atoms with Gasteiger partial charge in [0.25, 0.3) is 0 Å². The highest BCUT2D eigenvalue weighted by Crippen LogP contribution is 2.37. The fourth-order valence-electron chi connectivity index (χ4n) is 5.20. The molecular formula is C33H26N2Si. The fourth-order valence-corrected chi connectivity index (χ4v) is 6.38. The Labute approximate surface area is 212 Å². The van der Waals surface area contributed by atoms with Gasteiger partial charge >= 0.3 is 0 Å². The smallest absolute Gasteiger partial charge is 0.0998 e. The summed E-state index contributed by atoms with van der Waals surface area (Å²) in [6.07, 6.45) is 1.89. The Morgan fingerprint density at radius 1 is 0.639 bits per heavy atom. The van der Waals surface area contributed by atoms with Crippen LogP contribution in [0.5, 0.6) is 0 Å². The van der Waals surface area contributed by atoms with Crippen molar-refractivity contribution in [3.05, 3.63) is 109 Å². The number of fused-ring (bicyclic) bond motifs is 4. The van der Waals surface area contributed by atoms with Crippen molar-refractivity contribution >= 4 is 45.6 Å². The topological polar surface area (TPSA) is 36.7 Å². The first-order chi connectivity index (χ1) is 17.4. The second kappa shape index (κ2) is 8.44. The summed E-state index contributed by atoms with van der Waals surface area (Å²) in [6.45, 7) is 7.17. The zero-order valence-corrected chi connectivity index (χ0v) is 21.7. The Morgan fingerprint density at radius 3 is 2.22 bits per heavy atom. The van der Waals surface area contributed by atoms with Crippen molar-refractivity contribution in [2.24, 2.45) is 0 Å². The number of rotatable bonds is 3. The maximum absolute atomic E-state index is 9.80. The van der Waals surface area contributed by atoms with Gasteiger partial charge in [-0.3, -0.25) is 4.98 Å². The standard InChI is InChI=1S/C33H26N2Si/c1-36(2,3)26-10-6-9-23(20-26)28-12-7-13-29-30(28)14-15-32-31(29)16-17-35-33(32)24-18-22-8-4-5-11-27(22)25(19-24)21-34/h4-20H,1-3H3. The van der Waals surface area contributed by atoms with Gasteiger partial charge < -0.3 is 0 Å². The minimum atomic E-state index is -1.41. The first-order valence-corrected chi connectivity index (χ1v) is 15.8. The van der Waals surface area contributed by atoms with E-state index in [0.29, 0.717) is 5.56 Å². The predicted octanol–water partition coefficient (Wildman–Crippen LogP) is 8.29. The highest BCUT2D eigenvalue weighted by atomic mass is 28.3. The zero-order chi connectivity index (χ0) is 24.9. The summed E-state index contributed by atoms with van der Waals surface area (Å²) in [7, 11) is -1.41. The van der Waals surface area contributed by atoms with E-state index in [1.807, 2.05) is 30.5 Å². The van der Waals surface area contributed by atoms with Gasteiger partial charge in [0.1, 0.15) is 0 Å². The molecule has 0 N–H and O–H groups in total. The maximum Gasteiger partial charge on any atom is 0.0998 e. The third-order valence-electron chi connectivity index (χ3n) is 7.10. The van der Waals surface area contributed by atoms with Crippen molar-refractivity contribution in [3.8, 4) is 28.5 Å². The number of nitriles is 1. The molecule has 0 aliphatic carbocycles. The molecule has 0 radical (unpaired) electrons. The number of hydrogen-bond acceptors (Lipinski definition) is 2. The summed E-state index contributed by atoms with van der Waals surface area (Å²) >= 11 is 0. The minimum absolute atomic E-state index is 0.673. The fraction of sp³-hybridized carbons (Fsp3) is 0.0909. The number of pyridine rings is 1. The Bertz CT molecular complexity index is 1840. The Hall–Kier alpha value is -4.26. The summed E-state index contributed by atoms with van der Waals surface area (Å²) in [5.41, 5.74) is 5.07. The summed E-state index contributed by atoms with van der Waals surface area (Å²) in [4.78, 5) is 4.78. The van der Waals surface area contributed by atoms with Crippen LogP contribution in [0.15, 0.2) is 103 Å². The van der Waals surface area contributed by atoms with Crippen LogP contribution in [0.2, 0.25) is 19.6 Å². The molecule has 0 unspecified atom stereocenters. The molecule has 1 heterocycles. The molecule has 5 aromatic carbocycles. The molecule has 36 heavy (non-hydrogen) atoms. The molecule has 0 aliphatic heterocycles. The molecule has 0 aliphatic rings. The lowest BCUT2D eigenvalue weighted by Crippen LogP contribution is -2.37. The molecule has 6 rings (SSSR count). The van der Waals surface area contributed by atoms with E-state index in [0.717, 1.165) is 27.4 Å². The monoisotopic (exact) mass is 478 g/mol. The Balaban J connectivity index is 1.58. The van der Waals surface area contributed by atoms with Crippen LogP contribution in [-0.4, -0.2) is 13.1 Å². The van der Waals surface area contributed by atoms with Crippen LogP contribution in [-0.2, 0) is 0 Å². The largest absolute Gasteiger partial charge is 0.256 e. The van der Waals surface area contributed by atoms with Gasteiger partial charge in [0.2, 0.25) is 0 Å². The van der Waals surface area contributed by atoms with Crippen molar-refractivity contribution in [2.45, 2.75) is 19.6 Å². The first-order valence-electron chi connectivity index (χ1n) is 12.3. The van der Waals surface area contributed by atoms with Gasteiger partial charge in [-0.1, -0.05) is 104 Å². The van der Waals surface area contributed by atoms with Crippen molar-refractivity contribution < 1.29 is 0 Å². The van der Waals surface area contributed by atoms with Crippen molar-refractivity contribution in [2.75, 3.05) is 0 Å². The third kappa shape index (κ3) is 3.68. The van der Waals surface area contributed by atoms with Crippen molar-refractivity contribution in [3.63, 3.8) is 0 Å². The van der Waals surface area contributed by atoms with E-state index in [1.165, 1.54) is 32.5 Å². The van der Waals surface area contributed by atoms with Gasteiger partial charge in [0.15, 0.2) is 0 Å². The highest BCUT2D eigenvalue weighted by molar-refractivity contribution is 6.88. The van der Waals surface area contributed by atoms with E-state index >= 15 is 0 Å². The number of aromatic nitrogens is 1. The van der Waals surface area contributed by atoms with E-state index in [1.54, 1.807) is 0 Å². The van der Waals surface area contributed by atoms with Gasteiger partial charge in [-0.05, 0) is 56.3 Å². The van der Waals surface area contributed by atoms with Gasteiger partial charge in [-0.2, -0.15) is 5.26 Å². The van der Waals surface area contributed by atoms with Crippen molar-refractivity contribution in [1.29, 1.82) is 5.26 Å². The number of hydrogen-bond donors (Lipinski definition) is 0. The molecule has 1 aromatic heterocycles. The van der Waals surface area contributed by atoms with Gasteiger partial charge in [-0.25, -0.2) is 0 Å². The quantitative estimate of drug-likeness (QED) is 0.189. The SMILES string of the molecule is C[Si](C)(C)c1cccc(-c2cccc3c2ccc2c(-c4cc(C#N)c5ccccc5c4)nccc23)c1. The summed E-state index contributed by atoms with van der Waals surface area (Å²) in [6, 6.07) is 36.7. The van der Waals surface area contributed by atoms with E-state index < -0.39 is 8.07 Å². The average Bonchev–Trinajstić information content (AvgIpc) is 2.91. The molecule has 0 fully saturated rings. The van der Waals surface area contributed by atoms with Gasteiger partial charge in [-0.15, -0.1) is 0 Å². The van der Waals surface area contributed by atoms with Gasteiger partial charge in [0.05, 0.1) is 25.4 Å². The predicted molar refractivity (Wildman–Crippen MR) is 155 cm³/mol. The van der Waals surface area contributed by atoms with Crippen LogP contribution in [0.25, 0.3) is 54.7 Å². The first kappa shape index (κ1) is 22.2. The molecule has 0 amide bonds. The minimum Gasteiger partial charge on any atom is -0.256 e. The molecule has 0 bridgehead atoms. The molecule has 3 heteroatoms. The van der Waals surface area contributed by atoms with Crippen LogP contribution in [0, 0.1) is 11.3 Å². The van der Waals surface area contributed by atoms with E-state index in [4.69, 9.17) is 4.98 Å². The molecule has 0 saturated heterocycles. The second-order valence-corrected chi connectivity index (χ2v) is 15.5. The normalized spacial score (nSPS) is 11.7. The summed E-state index contributed by atoms with van der Waals surface area (Å²) < 4.78 is 0. The van der Waals surface area contributed by atoms with Crippen molar-refractivity contribution in [1.82, 2.24) is 4.98 Å². The highest BCUT2D eigenvalue weighted by Gasteiger charge is 2.18. The molecule has 2 nitrogen and oxygen atoms in total. The molecule has 0 saturated carbocycles. The van der Waals surface area contributed by atoms with E-state index in [9.17, 15) is 5.26 Å². The molecular weight excluding hydrogens is 452 g/mol. The molecule has 172 valence electrons. The third-order valence-corrected chi connectivity index (χ3v) is 9.14. The number of nitrogens with zero attached hydrogens (tertiary/aromatic N) is 2. The lowest BCUT2D eigenvalue weighted by atomic mass is 9.92. The molecule has 0 spiro atoms. The van der Waals surface area contributed by atoms with Crippen LogP contribution in [0.4, 0.5) is 0 Å². The Kier molecular flexibility index (Phi) is 5.21. The number of benzene rings is 5. The molecule has 6 aromatic rings. The molecule has 0 atom stereocenters. The maximum atomic E-state index is 9.80. The van der Waals surface area contributed by atoms with Crippen LogP contribution >= 0.6 is 0 Å². The van der Waals surface area contributed by atoms with Crippen LogP contribution in [0.3, 0.4) is 0 Å². The zero-order valence-electron chi connectivity index (χ0n) is 20.7. The van der Waals surface area contributed by atoms with Gasteiger partial charge in [0, 0.05) is 17.1 Å².